The fraction of sp³-hybridized carbons (Fsp3) is 0.692. The summed E-state index contributed by atoms with van der Waals surface area (Å²) in [7, 11) is 0. The Morgan fingerprint density at radius 2 is 2.21 bits per heavy atom. The minimum absolute atomic E-state index is 0. The van der Waals surface area contributed by atoms with Crippen molar-refractivity contribution in [1.82, 2.24) is 15.4 Å². The average molecular weight is 286 g/mol. The summed E-state index contributed by atoms with van der Waals surface area (Å²) in [5.74, 6) is 1.36. The zero-order chi connectivity index (χ0) is 12.7. The van der Waals surface area contributed by atoms with Crippen molar-refractivity contribution in [3.05, 3.63) is 17.5 Å². The number of piperazine rings is 1. The van der Waals surface area contributed by atoms with Gasteiger partial charge in [-0.1, -0.05) is 5.16 Å². The predicted molar refractivity (Wildman–Crippen MR) is 73.7 cm³/mol. The van der Waals surface area contributed by atoms with E-state index in [-0.39, 0.29) is 24.4 Å². The van der Waals surface area contributed by atoms with E-state index in [4.69, 9.17) is 4.52 Å². The fourth-order valence-electron chi connectivity index (χ4n) is 2.44. The van der Waals surface area contributed by atoms with Crippen molar-refractivity contribution in [3.8, 4) is 0 Å². The summed E-state index contributed by atoms with van der Waals surface area (Å²) < 4.78 is 5.25. The molecule has 1 aromatic heterocycles. The van der Waals surface area contributed by atoms with Crippen molar-refractivity contribution in [3.63, 3.8) is 0 Å². The van der Waals surface area contributed by atoms with Crippen LogP contribution in [0.25, 0.3) is 0 Å². The van der Waals surface area contributed by atoms with Gasteiger partial charge < -0.3 is 14.7 Å². The molecule has 2 aliphatic rings. The van der Waals surface area contributed by atoms with Gasteiger partial charge in [0.25, 0.3) is 5.91 Å². The van der Waals surface area contributed by atoms with E-state index in [9.17, 15) is 4.79 Å². The smallest absolute Gasteiger partial charge is 0.276 e. The molecule has 1 N–H and O–H groups in total. The second-order valence-electron chi connectivity index (χ2n) is 5.37. The van der Waals surface area contributed by atoms with E-state index in [1.165, 1.54) is 0 Å². The fourth-order valence-corrected chi connectivity index (χ4v) is 2.44. The first-order valence-corrected chi connectivity index (χ1v) is 6.68. The Labute approximate surface area is 119 Å². The van der Waals surface area contributed by atoms with Crippen LogP contribution in [0.5, 0.6) is 0 Å². The second kappa shape index (κ2) is 5.51. The van der Waals surface area contributed by atoms with Crippen molar-refractivity contribution in [2.45, 2.75) is 44.7 Å². The van der Waals surface area contributed by atoms with E-state index in [0.29, 0.717) is 17.7 Å². The zero-order valence-electron chi connectivity index (χ0n) is 11.3. The molecule has 1 aliphatic heterocycles. The normalized spacial score (nSPS) is 26.9. The minimum atomic E-state index is -0.00787. The largest absolute Gasteiger partial charge is 0.360 e. The van der Waals surface area contributed by atoms with Gasteiger partial charge >= 0.3 is 0 Å². The average Bonchev–Trinajstić information content (AvgIpc) is 3.10. The Bertz CT molecular complexity index is 458. The lowest BCUT2D eigenvalue weighted by atomic mass is 10.1. The highest BCUT2D eigenvalue weighted by Crippen LogP contribution is 2.40. The van der Waals surface area contributed by atoms with Crippen LogP contribution in [0.2, 0.25) is 0 Å². The molecule has 2 unspecified atom stereocenters. The molecule has 2 atom stereocenters. The van der Waals surface area contributed by atoms with Gasteiger partial charge in [0.2, 0.25) is 0 Å². The van der Waals surface area contributed by atoms with E-state index < -0.39 is 0 Å². The van der Waals surface area contributed by atoms with Crippen LogP contribution in [-0.2, 0) is 0 Å². The summed E-state index contributed by atoms with van der Waals surface area (Å²) in [5.41, 5.74) is 0.456. The summed E-state index contributed by atoms with van der Waals surface area (Å²) in [6.07, 6.45) is 2.31. The molecule has 0 bridgehead atoms. The number of amides is 1. The number of rotatable bonds is 2. The summed E-state index contributed by atoms with van der Waals surface area (Å²) >= 11 is 0. The lowest BCUT2D eigenvalue weighted by molar-refractivity contribution is 0.0592. The van der Waals surface area contributed by atoms with Crippen LogP contribution >= 0.6 is 12.4 Å². The third-order valence-corrected chi connectivity index (χ3v) is 4.02. The Hall–Kier alpha value is -1.07. The number of halogens is 1. The van der Waals surface area contributed by atoms with Crippen LogP contribution in [0.1, 0.15) is 48.9 Å². The summed E-state index contributed by atoms with van der Waals surface area (Å²) in [6.45, 7) is 5.74. The van der Waals surface area contributed by atoms with Gasteiger partial charge in [-0.25, -0.2) is 0 Å². The maximum absolute atomic E-state index is 12.4. The van der Waals surface area contributed by atoms with Crippen molar-refractivity contribution in [2.75, 3.05) is 13.1 Å². The predicted octanol–water partition coefficient (Wildman–Crippen LogP) is 1.80. The van der Waals surface area contributed by atoms with Crippen molar-refractivity contribution >= 4 is 18.3 Å². The molecule has 0 aromatic carbocycles. The number of nitrogens with one attached hydrogen (secondary N) is 1. The molecule has 5 nitrogen and oxygen atoms in total. The molecule has 3 rings (SSSR count). The number of nitrogens with zero attached hydrogens (tertiary/aromatic N) is 2. The van der Waals surface area contributed by atoms with Gasteiger partial charge in [-0.2, -0.15) is 0 Å². The summed E-state index contributed by atoms with van der Waals surface area (Å²) in [6, 6.07) is 2.32. The molecule has 0 spiro atoms. The summed E-state index contributed by atoms with van der Waals surface area (Å²) in [4.78, 5) is 14.3. The van der Waals surface area contributed by atoms with E-state index in [1.54, 1.807) is 0 Å². The number of hydrogen-bond acceptors (Lipinski definition) is 4. The molecule has 19 heavy (non-hydrogen) atoms. The van der Waals surface area contributed by atoms with Crippen LogP contribution < -0.4 is 5.32 Å². The maximum Gasteiger partial charge on any atom is 0.276 e. The molecule has 106 valence electrons. The highest BCUT2D eigenvalue weighted by Gasteiger charge is 2.33. The van der Waals surface area contributed by atoms with Crippen molar-refractivity contribution in [1.29, 1.82) is 0 Å². The van der Waals surface area contributed by atoms with Crippen LogP contribution in [0.3, 0.4) is 0 Å². The Kier molecular flexibility index (Phi) is 4.16. The Balaban J connectivity index is 0.00000133. The van der Waals surface area contributed by atoms with Crippen LogP contribution in [0.15, 0.2) is 10.6 Å². The zero-order valence-corrected chi connectivity index (χ0v) is 12.1. The van der Waals surface area contributed by atoms with Gasteiger partial charge in [0.15, 0.2) is 5.69 Å². The van der Waals surface area contributed by atoms with Crippen LogP contribution in [0, 0.1) is 0 Å². The molecule has 0 radical (unpaired) electrons. The molecule has 6 heteroatoms. The number of carbonyl (C=O) groups excluding carboxylic acids is 1. The van der Waals surface area contributed by atoms with Crippen LogP contribution in [0.4, 0.5) is 0 Å². The van der Waals surface area contributed by atoms with Gasteiger partial charge in [-0.05, 0) is 26.7 Å². The molecular weight excluding hydrogens is 266 g/mol. The summed E-state index contributed by atoms with van der Waals surface area (Å²) in [5, 5.41) is 7.29. The first-order chi connectivity index (χ1) is 8.66. The van der Waals surface area contributed by atoms with E-state index in [2.05, 4.69) is 24.3 Å². The number of hydrogen-bond donors (Lipinski definition) is 1. The lowest BCUT2D eigenvalue weighted by Gasteiger charge is -2.38. The molecule has 2 heterocycles. The molecule has 2 fully saturated rings. The Morgan fingerprint density at radius 3 is 2.89 bits per heavy atom. The van der Waals surface area contributed by atoms with Crippen molar-refractivity contribution in [2.24, 2.45) is 0 Å². The third-order valence-electron chi connectivity index (χ3n) is 4.02. The SMILES string of the molecule is CC1NCCN(C(=O)c2cc(C3CC3)on2)C1C.Cl. The standard InChI is InChI=1S/C13H19N3O2.ClH/c1-8-9(2)16(6-5-14-8)13(17)11-7-12(18-15-11)10-3-4-10;/h7-10,14H,3-6H2,1-2H3;1H. The molecule has 1 aliphatic carbocycles. The van der Waals surface area contributed by atoms with Gasteiger partial charge in [-0.15, -0.1) is 12.4 Å². The second-order valence-corrected chi connectivity index (χ2v) is 5.37. The minimum Gasteiger partial charge on any atom is -0.360 e. The highest BCUT2D eigenvalue weighted by molar-refractivity contribution is 5.92. The first-order valence-electron chi connectivity index (χ1n) is 6.68. The first kappa shape index (κ1) is 14.3. The van der Waals surface area contributed by atoms with E-state index in [0.717, 1.165) is 31.7 Å². The van der Waals surface area contributed by atoms with E-state index in [1.807, 2.05) is 11.0 Å². The highest BCUT2D eigenvalue weighted by atomic mass is 35.5. The van der Waals surface area contributed by atoms with Gasteiger partial charge in [-0.3, -0.25) is 4.79 Å². The molecule has 1 saturated heterocycles. The lowest BCUT2D eigenvalue weighted by Crippen LogP contribution is -2.57. The number of carbonyl (C=O) groups is 1. The van der Waals surface area contributed by atoms with Crippen LogP contribution in [-0.4, -0.2) is 41.1 Å². The molecule has 1 aromatic rings. The van der Waals surface area contributed by atoms with E-state index >= 15 is 0 Å². The molecule has 1 saturated carbocycles. The molecular formula is C13H20ClN3O2. The van der Waals surface area contributed by atoms with Crippen molar-refractivity contribution < 1.29 is 9.32 Å². The van der Waals surface area contributed by atoms with Gasteiger partial charge in [0.1, 0.15) is 5.76 Å². The topological polar surface area (TPSA) is 58.4 Å². The maximum atomic E-state index is 12.4. The van der Waals surface area contributed by atoms with Gasteiger partial charge in [0.05, 0.1) is 0 Å². The number of aromatic nitrogens is 1. The Morgan fingerprint density at radius 1 is 1.47 bits per heavy atom. The quantitative estimate of drug-likeness (QED) is 0.900. The third kappa shape index (κ3) is 2.77. The molecule has 1 amide bonds. The monoisotopic (exact) mass is 285 g/mol. The van der Waals surface area contributed by atoms with Gasteiger partial charge in [0, 0.05) is 37.2 Å².